The molecule has 0 radical (unpaired) electrons. The van der Waals surface area contributed by atoms with Crippen LogP contribution in [0.1, 0.15) is 11.4 Å². The molecule has 3 aromatic carbocycles. The molecule has 4 aromatic rings. The van der Waals surface area contributed by atoms with Gasteiger partial charge in [0, 0.05) is 0 Å². The van der Waals surface area contributed by atoms with Crippen molar-refractivity contribution in [1.82, 2.24) is 20.2 Å². The lowest BCUT2D eigenvalue weighted by Crippen LogP contribution is -2.13. The second-order valence-corrected chi connectivity index (χ2v) is 8.08. The van der Waals surface area contributed by atoms with Crippen LogP contribution in [0.15, 0.2) is 72.8 Å². The first-order valence-electron chi connectivity index (χ1n) is 8.12. The van der Waals surface area contributed by atoms with Crippen LogP contribution >= 0.6 is 0 Å². The molecule has 6 nitrogen and oxygen atoms in total. The largest absolute Gasteiger partial charge is 0.228 e. The van der Waals surface area contributed by atoms with Crippen molar-refractivity contribution in [3.8, 4) is 5.69 Å². The number of aromatic nitrogens is 4. The predicted octanol–water partition coefficient (Wildman–Crippen LogP) is 2.93. The fourth-order valence-electron chi connectivity index (χ4n) is 2.97. The lowest BCUT2D eigenvalue weighted by molar-refractivity contribution is 0.592. The predicted molar refractivity (Wildman–Crippen MR) is 99.4 cm³/mol. The van der Waals surface area contributed by atoms with Crippen LogP contribution in [0.2, 0.25) is 0 Å². The van der Waals surface area contributed by atoms with E-state index in [-0.39, 0.29) is 11.5 Å². The van der Waals surface area contributed by atoms with E-state index in [1.165, 1.54) is 4.68 Å². The van der Waals surface area contributed by atoms with Crippen molar-refractivity contribution in [2.24, 2.45) is 0 Å². The molecule has 0 aliphatic rings. The number of fused-ring (bicyclic) bond motifs is 1. The Morgan fingerprint density at radius 3 is 2.38 bits per heavy atom. The maximum Gasteiger partial charge on any atom is 0.171 e. The lowest BCUT2D eigenvalue weighted by atomic mass is 10.1. The summed E-state index contributed by atoms with van der Waals surface area (Å²) in [6, 6.07) is 22.7. The summed E-state index contributed by atoms with van der Waals surface area (Å²) in [7, 11) is -3.44. The van der Waals surface area contributed by atoms with E-state index in [0.29, 0.717) is 5.82 Å². The molecule has 0 aliphatic heterocycles. The van der Waals surface area contributed by atoms with Gasteiger partial charge in [0.25, 0.3) is 0 Å². The molecule has 1 aromatic heterocycles. The van der Waals surface area contributed by atoms with Crippen LogP contribution in [-0.4, -0.2) is 28.6 Å². The van der Waals surface area contributed by atoms with Crippen molar-refractivity contribution >= 4 is 20.6 Å². The summed E-state index contributed by atoms with van der Waals surface area (Å²) >= 11 is 0. The van der Waals surface area contributed by atoms with E-state index >= 15 is 0 Å². The first-order chi connectivity index (χ1) is 12.6. The van der Waals surface area contributed by atoms with E-state index in [1.54, 1.807) is 0 Å². The summed E-state index contributed by atoms with van der Waals surface area (Å²) in [5.41, 5.74) is 1.51. The quantitative estimate of drug-likeness (QED) is 0.544. The van der Waals surface area contributed by atoms with Crippen molar-refractivity contribution in [2.75, 3.05) is 0 Å². The maximum atomic E-state index is 12.8. The standard InChI is InChI=1S/C19H16N4O2S/c24-26(25,13-16-9-6-8-15-7-4-5-12-18(15)16)14-19-20-21-22-23(19)17-10-2-1-3-11-17/h1-12H,13-14H2. The summed E-state index contributed by atoms with van der Waals surface area (Å²) < 4.78 is 27.0. The molecule has 4 rings (SSSR count). The topological polar surface area (TPSA) is 77.7 Å². The zero-order valence-electron chi connectivity index (χ0n) is 13.9. The van der Waals surface area contributed by atoms with Gasteiger partial charge in [0.05, 0.1) is 11.4 Å². The highest BCUT2D eigenvalue weighted by molar-refractivity contribution is 7.89. The van der Waals surface area contributed by atoms with E-state index in [0.717, 1.165) is 22.0 Å². The van der Waals surface area contributed by atoms with Crippen molar-refractivity contribution in [1.29, 1.82) is 0 Å². The Morgan fingerprint density at radius 2 is 1.54 bits per heavy atom. The smallest absolute Gasteiger partial charge is 0.171 e. The number of nitrogens with zero attached hydrogens (tertiary/aromatic N) is 4. The van der Waals surface area contributed by atoms with E-state index in [9.17, 15) is 8.42 Å². The van der Waals surface area contributed by atoms with E-state index < -0.39 is 9.84 Å². The van der Waals surface area contributed by atoms with Crippen LogP contribution in [-0.2, 0) is 21.3 Å². The molecule has 0 unspecified atom stereocenters. The Morgan fingerprint density at radius 1 is 0.808 bits per heavy atom. The molecule has 1 heterocycles. The van der Waals surface area contributed by atoms with Gasteiger partial charge in [0.1, 0.15) is 5.75 Å². The van der Waals surface area contributed by atoms with E-state index in [4.69, 9.17) is 0 Å². The molecule has 130 valence electrons. The summed E-state index contributed by atoms with van der Waals surface area (Å²) in [5, 5.41) is 13.4. The third-order valence-corrected chi connectivity index (χ3v) is 5.59. The fourth-order valence-corrected chi connectivity index (χ4v) is 4.37. The summed E-state index contributed by atoms with van der Waals surface area (Å²) in [6.45, 7) is 0. The first-order valence-corrected chi connectivity index (χ1v) is 9.94. The highest BCUT2D eigenvalue weighted by Crippen LogP contribution is 2.22. The molecule has 0 bridgehead atoms. The minimum Gasteiger partial charge on any atom is -0.228 e. The third kappa shape index (κ3) is 3.34. The number of hydrogen-bond acceptors (Lipinski definition) is 5. The zero-order chi connectivity index (χ0) is 18.0. The van der Waals surface area contributed by atoms with Crippen LogP contribution in [0.4, 0.5) is 0 Å². The molecule has 0 spiro atoms. The summed E-state index contributed by atoms with van der Waals surface area (Å²) in [4.78, 5) is 0. The minimum atomic E-state index is -3.44. The van der Waals surface area contributed by atoms with Crippen molar-refractivity contribution in [3.63, 3.8) is 0 Å². The Hall–Kier alpha value is -3.06. The normalized spacial score (nSPS) is 11.7. The fraction of sp³-hybridized carbons (Fsp3) is 0.105. The first kappa shape index (κ1) is 16.4. The van der Waals surface area contributed by atoms with E-state index in [2.05, 4.69) is 15.5 Å². The number of para-hydroxylation sites is 1. The Bertz CT molecular complexity index is 1150. The van der Waals surface area contributed by atoms with Gasteiger partial charge in [0.2, 0.25) is 0 Å². The van der Waals surface area contributed by atoms with Crippen LogP contribution in [0.5, 0.6) is 0 Å². The Balaban J connectivity index is 1.64. The minimum absolute atomic E-state index is 0.0595. The molecule has 7 heteroatoms. The number of benzene rings is 3. The molecular formula is C19H16N4O2S. The summed E-state index contributed by atoms with van der Waals surface area (Å²) in [6.07, 6.45) is 0. The third-order valence-electron chi connectivity index (χ3n) is 4.14. The molecule has 0 amide bonds. The zero-order valence-corrected chi connectivity index (χ0v) is 14.7. The monoisotopic (exact) mass is 364 g/mol. The second kappa shape index (κ2) is 6.68. The second-order valence-electron chi connectivity index (χ2n) is 6.01. The van der Waals surface area contributed by atoms with Gasteiger partial charge in [-0.05, 0) is 38.9 Å². The highest BCUT2D eigenvalue weighted by atomic mass is 32.2. The highest BCUT2D eigenvalue weighted by Gasteiger charge is 2.20. The molecule has 0 saturated carbocycles. The van der Waals surface area contributed by atoms with Gasteiger partial charge in [-0.25, -0.2) is 8.42 Å². The van der Waals surface area contributed by atoms with Crippen LogP contribution < -0.4 is 0 Å². The van der Waals surface area contributed by atoms with Gasteiger partial charge < -0.3 is 0 Å². The van der Waals surface area contributed by atoms with E-state index in [1.807, 2.05) is 72.8 Å². The number of rotatable bonds is 5. The molecule has 0 fully saturated rings. The van der Waals surface area contributed by atoms with Crippen LogP contribution in [0.25, 0.3) is 16.5 Å². The molecule has 0 saturated heterocycles. The lowest BCUT2D eigenvalue weighted by Gasteiger charge is -2.08. The van der Waals surface area contributed by atoms with Crippen molar-refractivity contribution in [3.05, 3.63) is 84.2 Å². The molecule has 0 aliphatic carbocycles. The van der Waals surface area contributed by atoms with Gasteiger partial charge in [-0.15, -0.1) is 5.10 Å². The van der Waals surface area contributed by atoms with Crippen LogP contribution in [0, 0.1) is 0 Å². The molecular weight excluding hydrogens is 348 g/mol. The Labute approximate surface area is 151 Å². The number of hydrogen-bond donors (Lipinski definition) is 0. The van der Waals surface area contributed by atoms with Gasteiger partial charge in [-0.1, -0.05) is 60.7 Å². The molecule has 0 N–H and O–H groups in total. The van der Waals surface area contributed by atoms with Gasteiger partial charge in [0.15, 0.2) is 15.7 Å². The van der Waals surface area contributed by atoms with Crippen molar-refractivity contribution in [2.45, 2.75) is 11.5 Å². The molecule has 26 heavy (non-hydrogen) atoms. The van der Waals surface area contributed by atoms with Crippen molar-refractivity contribution < 1.29 is 8.42 Å². The average Bonchev–Trinajstić information content (AvgIpc) is 3.10. The Kier molecular flexibility index (Phi) is 4.22. The number of sulfone groups is 1. The summed E-state index contributed by atoms with van der Waals surface area (Å²) in [5.74, 6) is 0.0186. The van der Waals surface area contributed by atoms with Gasteiger partial charge in [-0.3, -0.25) is 0 Å². The average molecular weight is 364 g/mol. The SMILES string of the molecule is O=S(=O)(Cc1cccc2ccccc12)Cc1nnnn1-c1ccccc1. The van der Waals surface area contributed by atoms with Gasteiger partial charge in [-0.2, -0.15) is 4.68 Å². The van der Waals surface area contributed by atoms with Crippen LogP contribution in [0.3, 0.4) is 0 Å². The van der Waals surface area contributed by atoms with Gasteiger partial charge >= 0.3 is 0 Å². The molecule has 0 atom stereocenters. The maximum absolute atomic E-state index is 12.8. The number of tetrazole rings is 1.